The molecule has 36 heavy (non-hydrogen) atoms. The van der Waals surface area contributed by atoms with Crippen LogP contribution < -0.4 is 18.9 Å². The van der Waals surface area contributed by atoms with Crippen LogP contribution in [0.2, 0.25) is 0 Å². The molecule has 7 nitrogen and oxygen atoms in total. The molecule has 0 aliphatic rings. The number of aliphatic hydroxyl groups is 1. The predicted octanol–water partition coefficient (Wildman–Crippen LogP) is 5.96. The Balaban J connectivity index is 2.03. The van der Waals surface area contributed by atoms with Crippen molar-refractivity contribution in [1.29, 1.82) is 0 Å². The minimum Gasteiger partial charge on any atom is -0.496 e. The van der Waals surface area contributed by atoms with Gasteiger partial charge < -0.3 is 29.2 Å². The number of carboxylic acids is 1. The predicted molar refractivity (Wildman–Crippen MR) is 141 cm³/mol. The lowest BCUT2D eigenvalue weighted by Crippen LogP contribution is -2.10. The average molecular weight is 503 g/mol. The average Bonchev–Trinajstić information content (AvgIpc) is 2.89. The van der Waals surface area contributed by atoms with E-state index in [1.807, 2.05) is 24.3 Å². The van der Waals surface area contributed by atoms with E-state index in [0.29, 0.717) is 48.0 Å². The molecular weight excluding hydrogens is 460 g/mol. The zero-order chi connectivity index (χ0) is 26.2. The third kappa shape index (κ3) is 10.4. The molecule has 0 aliphatic carbocycles. The largest absolute Gasteiger partial charge is 0.496 e. The first kappa shape index (κ1) is 29.3. The van der Waals surface area contributed by atoms with Gasteiger partial charge in [-0.05, 0) is 54.7 Å². The van der Waals surface area contributed by atoms with Gasteiger partial charge in [0.15, 0.2) is 6.61 Å². The third-order valence-electron chi connectivity index (χ3n) is 6.08. The molecule has 0 saturated heterocycles. The van der Waals surface area contributed by atoms with Crippen LogP contribution in [0.1, 0.15) is 75.0 Å². The molecule has 2 aromatic rings. The first-order valence-corrected chi connectivity index (χ1v) is 13.0. The highest BCUT2D eigenvalue weighted by Crippen LogP contribution is 2.33. The highest BCUT2D eigenvalue weighted by molar-refractivity contribution is 5.68. The van der Waals surface area contributed by atoms with Gasteiger partial charge in [0.1, 0.15) is 23.0 Å². The van der Waals surface area contributed by atoms with Crippen LogP contribution in [0.3, 0.4) is 0 Å². The Labute approximate surface area is 215 Å². The highest BCUT2D eigenvalue weighted by atomic mass is 16.5. The summed E-state index contributed by atoms with van der Waals surface area (Å²) >= 11 is 0. The van der Waals surface area contributed by atoms with Crippen molar-refractivity contribution in [3.05, 3.63) is 47.0 Å². The molecule has 0 aliphatic heterocycles. The smallest absolute Gasteiger partial charge is 0.341 e. The monoisotopic (exact) mass is 502 g/mol. The van der Waals surface area contributed by atoms with Crippen LogP contribution in [-0.2, 0) is 24.2 Å². The van der Waals surface area contributed by atoms with Gasteiger partial charge in [-0.25, -0.2) is 4.79 Å². The topological polar surface area (TPSA) is 94.5 Å². The zero-order valence-electron chi connectivity index (χ0n) is 22.0. The first-order valence-electron chi connectivity index (χ1n) is 13.0. The lowest BCUT2D eigenvalue weighted by molar-refractivity contribution is -0.139. The molecule has 2 aromatic carbocycles. The van der Waals surface area contributed by atoms with E-state index in [0.717, 1.165) is 24.0 Å². The summed E-state index contributed by atoms with van der Waals surface area (Å²) in [6.07, 6.45) is 11.1. The maximum atomic E-state index is 11.0. The SMILES string of the molecule is CCCCCCCCCCOc1cc(CCc2c(OC)cc(CO)cc2OC)cc(OCC(=O)O)c1. The van der Waals surface area contributed by atoms with Gasteiger partial charge in [-0.2, -0.15) is 0 Å². The molecule has 0 unspecified atom stereocenters. The highest BCUT2D eigenvalue weighted by Gasteiger charge is 2.14. The van der Waals surface area contributed by atoms with E-state index in [9.17, 15) is 9.90 Å². The zero-order valence-corrected chi connectivity index (χ0v) is 22.0. The lowest BCUT2D eigenvalue weighted by Gasteiger charge is -2.16. The van der Waals surface area contributed by atoms with Crippen LogP contribution in [0.15, 0.2) is 30.3 Å². The molecule has 0 spiro atoms. The number of aliphatic carboxylic acids is 1. The Hall–Kier alpha value is -2.93. The van der Waals surface area contributed by atoms with Gasteiger partial charge in [-0.1, -0.05) is 51.9 Å². The third-order valence-corrected chi connectivity index (χ3v) is 6.08. The summed E-state index contributed by atoms with van der Waals surface area (Å²) < 4.78 is 22.5. The van der Waals surface area contributed by atoms with Crippen molar-refractivity contribution < 1.29 is 34.0 Å². The Morgan fingerprint density at radius 3 is 1.89 bits per heavy atom. The van der Waals surface area contributed by atoms with Crippen molar-refractivity contribution in [1.82, 2.24) is 0 Å². The molecule has 200 valence electrons. The van der Waals surface area contributed by atoms with Gasteiger partial charge in [-0.3, -0.25) is 0 Å². The molecule has 2 rings (SSSR count). The van der Waals surface area contributed by atoms with Gasteiger partial charge in [0.25, 0.3) is 0 Å². The Morgan fingerprint density at radius 2 is 1.33 bits per heavy atom. The number of methoxy groups -OCH3 is 2. The van der Waals surface area contributed by atoms with Crippen molar-refractivity contribution in [2.75, 3.05) is 27.4 Å². The Kier molecular flexibility index (Phi) is 13.6. The Morgan fingerprint density at radius 1 is 0.750 bits per heavy atom. The number of hydrogen-bond acceptors (Lipinski definition) is 6. The van der Waals surface area contributed by atoms with Crippen molar-refractivity contribution in [2.24, 2.45) is 0 Å². The number of rotatable bonds is 19. The first-order chi connectivity index (χ1) is 17.5. The molecule has 0 saturated carbocycles. The second-order valence-corrected chi connectivity index (χ2v) is 8.96. The summed E-state index contributed by atoms with van der Waals surface area (Å²) in [5, 5.41) is 18.5. The summed E-state index contributed by atoms with van der Waals surface area (Å²) in [6, 6.07) is 9.17. The number of benzene rings is 2. The number of aliphatic hydroxyl groups excluding tert-OH is 1. The van der Waals surface area contributed by atoms with Crippen LogP contribution in [0.25, 0.3) is 0 Å². The van der Waals surface area contributed by atoms with E-state index < -0.39 is 12.6 Å². The van der Waals surface area contributed by atoms with Crippen LogP contribution in [0.5, 0.6) is 23.0 Å². The van der Waals surface area contributed by atoms with Gasteiger partial charge in [-0.15, -0.1) is 0 Å². The van der Waals surface area contributed by atoms with Gasteiger partial charge in [0, 0.05) is 11.6 Å². The molecule has 0 fully saturated rings. The fourth-order valence-corrected chi connectivity index (χ4v) is 4.16. The maximum absolute atomic E-state index is 11.0. The van der Waals surface area contributed by atoms with Gasteiger partial charge in [0.05, 0.1) is 27.4 Å². The molecule has 0 aromatic heterocycles. The molecule has 7 heteroatoms. The lowest BCUT2D eigenvalue weighted by atomic mass is 10.0. The summed E-state index contributed by atoms with van der Waals surface area (Å²) in [5.41, 5.74) is 2.57. The summed E-state index contributed by atoms with van der Waals surface area (Å²) in [5.74, 6) is 1.42. The Bertz CT molecular complexity index is 901. The molecule has 0 atom stereocenters. The van der Waals surface area contributed by atoms with E-state index >= 15 is 0 Å². The molecule has 2 N–H and O–H groups in total. The van der Waals surface area contributed by atoms with E-state index in [1.54, 1.807) is 20.3 Å². The number of carbonyl (C=O) groups is 1. The van der Waals surface area contributed by atoms with E-state index in [-0.39, 0.29) is 6.61 Å². The molecule has 0 bridgehead atoms. The van der Waals surface area contributed by atoms with Crippen molar-refractivity contribution in [3.63, 3.8) is 0 Å². The molecular formula is C29H42O7. The molecule has 0 radical (unpaired) electrons. The standard InChI is InChI=1S/C29H42O7/c1-4-5-6-7-8-9-10-11-14-35-24-15-22(16-25(19-24)36-21-29(31)32)12-13-26-27(33-2)17-23(20-30)18-28(26)34-3/h15-19,30H,4-14,20-21H2,1-3H3,(H,31,32). The minimum atomic E-state index is -1.03. The fourth-order valence-electron chi connectivity index (χ4n) is 4.16. The minimum absolute atomic E-state index is 0.102. The molecule has 0 heterocycles. The fraction of sp³-hybridized carbons (Fsp3) is 0.552. The van der Waals surface area contributed by atoms with E-state index in [1.165, 1.54) is 38.5 Å². The van der Waals surface area contributed by atoms with Crippen LogP contribution >= 0.6 is 0 Å². The van der Waals surface area contributed by atoms with Crippen LogP contribution in [0.4, 0.5) is 0 Å². The van der Waals surface area contributed by atoms with E-state index in [4.69, 9.17) is 24.1 Å². The van der Waals surface area contributed by atoms with Gasteiger partial charge >= 0.3 is 5.97 Å². The number of unbranched alkanes of at least 4 members (excludes halogenated alkanes) is 7. The molecule has 0 amide bonds. The van der Waals surface area contributed by atoms with Crippen LogP contribution in [0, 0.1) is 0 Å². The van der Waals surface area contributed by atoms with Crippen molar-refractivity contribution in [2.45, 2.75) is 77.7 Å². The number of carboxylic acid groups (broad SMARTS) is 1. The number of aryl methyl sites for hydroxylation is 1. The van der Waals surface area contributed by atoms with E-state index in [2.05, 4.69) is 6.92 Å². The normalized spacial score (nSPS) is 10.8. The second-order valence-electron chi connectivity index (χ2n) is 8.96. The quantitative estimate of drug-likeness (QED) is 0.229. The summed E-state index contributed by atoms with van der Waals surface area (Å²) in [6.45, 7) is 2.33. The van der Waals surface area contributed by atoms with Crippen LogP contribution in [-0.4, -0.2) is 43.6 Å². The number of ether oxygens (including phenoxy) is 4. The maximum Gasteiger partial charge on any atom is 0.341 e. The second kappa shape index (κ2) is 16.7. The summed E-state index contributed by atoms with van der Waals surface area (Å²) in [7, 11) is 3.19. The summed E-state index contributed by atoms with van der Waals surface area (Å²) in [4.78, 5) is 11.0. The van der Waals surface area contributed by atoms with Crippen molar-refractivity contribution >= 4 is 5.97 Å². The number of hydrogen-bond donors (Lipinski definition) is 2. The van der Waals surface area contributed by atoms with Gasteiger partial charge in [0.2, 0.25) is 0 Å². The van der Waals surface area contributed by atoms with Crippen molar-refractivity contribution in [3.8, 4) is 23.0 Å².